The Hall–Kier alpha value is -0.810. The Morgan fingerprint density at radius 3 is 2.70 bits per heavy atom. The highest BCUT2D eigenvalue weighted by Crippen LogP contribution is 2.40. The van der Waals surface area contributed by atoms with Crippen molar-refractivity contribution in [2.24, 2.45) is 5.92 Å². The SMILES string of the molecule is CN(CC1CCCCC1O)C(=O)NC1CCOC2(CCCC2)C1. The van der Waals surface area contributed by atoms with Crippen molar-refractivity contribution < 1.29 is 14.6 Å². The Balaban J connectivity index is 1.47. The highest BCUT2D eigenvalue weighted by atomic mass is 16.5. The summed E-state index contributed by atoms with van der Waals surface area (Å²) in [5.74, 6) is 0.232. The van der Waals surface area contributed by atoms with Gasteiger partial charge >= 0.3 is 6.03 Å². The first-order chi connectivity index (χ1) is 11.1. The third kappa shape index (κ3) is 4.18. The lowest BCUT2D eigenvalue weighted by molar-refractivity contribution is -0.0823. The molecule has 0 aromatic heterocycles. The normalized spacial score (nSPS) is 33.6. The molecule has 3 fully saturated rings. The van der Waals surface area contributed by atoms with Gasteiger partial charge in [0, 0.05) is 32.2 Å². The van der Waals surface area contributed by atoms with Gasteiger partial charge in [-0.25, -0.2) is 4.79 Å². The standard InChI is InChI=1S/C18H32N2O3/c1-20(13-14-6-2-3-7-16(14)21)17(22)19-15-8-11-23-18(12-15)9-4-5-10-18/h14-16,21H,2-13H2,1H3,(H,19,22). The summed E-state index contributed by atoms with van der Waals surface area (Å²) in [7, 11) is 1.85. The number of aliphatic hydroxyl groups is 1. The minimum Gasteiger partial charge on any atom is -0.393 e. The monoisotopic (exact) mass is 324 g/mol. The van der Waals surface area contributed by atoms with Crippen LogP contribution in [0, 0.1) is 5.92 Å². The quantitative estimate of drug-likeness (QED) is 0.839. The van der Waals surface area contributed by atoms with Crippen molar-refractivity contribution in [2.45, 2.75) is 82.0 Å². The molecule has 2 N–H and O–H groups in total. The zero-order valence-electron chi connectivity index (χ0n) is 14.4. The van der Waals surface area contributed by atoms with Crippen molar-refractivity contribution in [2.75, 3.05) is 20.2 Å². The zero-order valence-corrected chi connectivity index (χ0v) is 14.4. The molecule has 1 spiro atoms. The molecular weight excluding hydrogens is 292 g/mol. The van der Waals surface area contributed by atoms with Gasteiger partial charge in [0.2, 0.25) is 0 Å². The van der Waals surface area contributed by atoms with Gasteiger partial charge < -0.3 is 20.1 Å². The molecule has 3 atom stereocenters. The van der Waals surface area contributed by atoms with Gasteiger partial charge in [-0.3, -0.25) is 0 Å². The van der Waals surface area contributed by atoms with Gasteiger partial charge in [-0.2, -0.15) is 0 Å². The van der Waals surface area contributed by atoms with Gasteiger partial charge in [0.25, 0.3) is 0 Å². The molecule has 3 rings (SSSR count). The molecule has 0 radical (unpaired) electrons. The molecule has 132 valence electrons. The Kier molecular flexibility index (Phi) is 5.47. The average Bonchev–Trinajstić information content (AvgIpc) is 2.97. The number of ether oxygens (including phenoxy) is 1. The largest absolute Gasteiger partial charge is 0.393 e. The number of hydrogen-bond donors (Lipinski definition) is 2. The molecule has 0 aromatic rings. The second-order valence-corrected chi connectivity index (χ2v) is 7.87. The molecule has 5 nitrogen and oxygen atoms in total. The molecule has 2 saturated carbocycles. The van der Waals surface area contributed by atoms with Crippen LogP contribution in [0.4, 0.5) is 4.79 Å². The van der Waals surface area contributed by atoms with E-state index in [9.17, 15) is 9.90 Å². The van der Waals surface area contributed by atoms with Gasteiger partial charge in [-0.15, -0.1) is 0 Å². The van der Waals surface area contributed by atoms with Crippen LogP contribution in [-0.4, -0.2) is 54.0 Å². The molecule has 3 aliphatic rings. The van der Waals surface area contributed by atoms with E-state index in [0.717, 1.165) is 51.6 Å². The summed E-state index contributed by atoms with van der Waals surface area (Å²) in [6.07, 6.45) is 10.6. The molecule has 23 heavy (non-hydrogen) atoms. The number of aliphatic hydroxyl groups excluding tert-OH is 1. The molecule has 5 heteroatoms. The predicted molar refractivity (Wildman–Crippen MR) is 89.3 cm³/mol. The van der Waals surface area contributed by atoms with Crippen LogP contribution in [-0.2, 0) is 4.74 Å². The van der Waals surface area contributed by atoms with E-state index in [1.54, 1.807) is 4.90 Å². The molecule has 0 bridgehead atoms. The van der Waals surface area contributed by atoms with Gasteiger partial charge in [0.1, 0.15) is 0 Å². The van der Waals surface area contributed by atoms with Crippen molar-refractivity contribution in [1.82, 2.24) is 10.2 Å². The third-order valence-electron chi connectivity index (χ3n) is 6.06. The first-order valence-corrected chi connectivity index (χ1v) is 9.42. The Morgan fingerprint density at radius 2 is 1.96 bits per heavy atom. The number of nitrogens with zero attached hydrogens (tertiary/aromatic N) is 1. The lowest BCUT2D eigenvalue weighted by Gasteiger charge is -2.39. The number of rotatable bonds is 3. The zero-order chi connectivity index (χ0) is 16.3. The summed E-state index contributed by atoms with van der Waals surface area (Å²) in [4.78, 5) is 14.2. The highest BCUT2D eigenvalue weighted by Gasteiger charge is 2.40. The predicted octanol–water partition coefficient (Wildman–Crippen LogP) is 2.67. The molecule has 2 amide bonds. The summed E-state index contributed by atoms with van der Waals surface area (Å²) in [5, 5.41) is 13.3. The van der Waals surface area contributed by atoms with Crippen LogP contribution in [0.25, 0.3) is 0 Å². The Morgan fingerprint density at radius 1 is 1.22 bits per heavy atom. The molecule has 1 saturated heterocycles. The van der Waals surface area contributed by atoms with E-state index in [0.29, 0.717) is 6.54 Å². The maximum Gasteiger partial charge on any atom is 0.317 e. The lowest BCUT2D eigenvalue weighted by atomic mass is 9.86. The van der Waals surface area contributed by atoms with Gasteiger partial charge in [-0.05, 0) is 38.5 Å². The number of nitrogens with one attached hydrogen (secondary N) is 1. The van der Waals surface area contributed by atoms with Crippen molar-refractivity contribution in [3.63, 3.8) is 0 Å². The molecule has 0 aromatic carbocycles. The number of carbonyl (C=O) groups is 1. The highest BCUT2D eigenvalue weighted by molar-refractivity contribution is 5.74. The van der Waals surface area contributed by atoms with Crippen LogP contribution in [0.5, 0.6) is 0 Å². The van der Waals surface area contributed by atoms with Crippen molar-refractivity contribution in [1.29, 1.82) is 0 Å². The van der Waals surface area contributed by atoms with E-state index < -0.39 is 0 Å². The smallest absolute Gasteiger partial charge is 0.317 e. The van der Waals surface area contributed by atoms with Crippen molar-refractivity contribution in [3.8, 4) is 0 Å². The molecule has 1 aliphatic heterocycles. The lowest BCUT2D eigenvalue weighted by Crippen LogP contribution is -2.51. The first-order valence-electron chi connectivity index (χ1n) is 9.42. The van der Waals surface area contributed by atoms with E-state index in [2.05, 4.69) is 5.32 Å². The topological polar surface area (TPSA) is 61.8 Å². The fourth-order valence-electron chi connectivity index (χ4n) is 4.64. The van der Waals surface area contributed by atoms with Gasteiger partial charge in [0.15, 0.2) is 0 Å². The summed E-state index contributed by atoms with van der Waals surface area (Å²) in [5.41, 5.74) is 0.0360. The molecule has 1 heterocycles. The van der Waals surface area contributed by atoms with Gasteiger partial charge in [-0.1, -0.05) is 25.7 Å². The third-order valence-corrected chi connectivity index (χ3v) is 6.06. The van der Waals surface area contributed by atoms with Crippen LogP contribution < -0.4 is 5.32 Å². The molecule has 2 aliphatic carbocycles. The van der Waals surface area contributed by atoms with Crippen molar-refractivity contribution in [3.05, 3.63) is 0 Å². The minimum atomic E-state index is -0.246. The van der Waals surface area contributed by atoms with Crippen molar-refractivity contribution >= 4 is 6.03 Å². The first kappa shape index (κ1) is 17.0. The number of hydrogen-bond acceptors (Lipinski definition) is 3. The summed E-state index contributed by atoms with van der Waals surface area (Å²) >= 11 is 0. The number of amides is 2. The maximum absolute atomic E-state index is 12.5. The van der Waals surface area contributed by atoms with Crippen LogP contribution in [0.1, 0.15) is 64.2 Å². The van der Waals surface area contributed by atoms with Crippen LogP contribution in [0.3, 0.4) is 0 Å². The minimum absolute atomic E-state index is 0.00261. The summed E-state index contributed by atoms with van der Waals surface area (Å²) in [6.45, 7) is 1.41. The van der Waals surface area contributed by atoms with E-state index in [1.165, 1.54) is 19.3 Å². The average molecular weight is 324 g/mol. The molecular formula is C18H32N2O3. The fourth-order valence-corrected chi connectivity index (χ4v) is 4.64. The van der Waals surface area contributed by atoms with E-state index in [1.807, 2.05) is 7.05 Å². The van der Waals surface area contributed by atoms with Crippen LogP contribution in [0.15, 0.2) is 0 Å². The second-order valence-electron chi connectivity index (χ2n) is 7.87. The number of urea groups is 1. The van der Waals surface area contributed by atoms with Crippen LogP contribution >= 0.6 is 0 Å². The second kappa shape index (κ2) is 7.39. The summed E-state index contributed by atoms with van der Waals surface area (Å²) in [6, 6.07) is 0.232. The van der Waals surface area contributed by atoms with Crippen LogP contribution in [0.2, 0.25) is 0 Å². The van der Waals surface area contributed by atoms with E-state index in [4.69, 9.17) is 4.74 Å². The van der Waals surface area contributed by atoms with E-state index in [-0.39, 0.29) is 29.7 Å². The maximum atomic E-state index is 12.5. The number of carbonyl (C=O) groups excluding carboxylic acids is 1. The van der Waals surface area contributed by atoms with E-state index >= 15 is 0 Å². The Labute approximate surface area is 139 Å². The Bertz CT molecular complexity index is 409. The van der Waals surface area contributed by atoms with Gasteiger partial charge in [0.05, 0.1) is 11.7 Å². The fraction of sp³-hybridized carbons (Fsp3) is 0.944. The summed E-state index contributed by atoms with van der Waals surface area (Å²) < 4.78 is 6.04. The molecule has 3 unspecified atom stereocenters.